The number of rotatable bonds is 5. The number of hydrogen-bond acceptors (Lipinski definition) is 1. The highest BCUT2D eigenvalue weighted by Gasteiger charge is 2.16. The zero-order valence-corrected chi connectivity index (χ0v) is 12.9. The Bertz CT molecular complexity index is 335. The lowest BCUT2D eigenvalue weighted by Crippen LogP contribution is -2.06. The van der Waals surface area contributed by atoms with E-state index in [4.69, 9.17) is 0 Å². The Balaban J connectivity index is 2.79. The van der Waals surface area contributed by atoms with E-state index in [0.717, 1.165) is 33.8 Å². The first-order chi connectivity index (χ1) is 7.58. The number of hydrogen-bond donors (Lipinski definition) is 1. The van der Waals surface area contributed by atoms with E-state index in [0.29, 0.717) is 5.92 Å². The molecule has 0 bridgehead atoms. The van der Waals surface area contributed by atoms with Gasteiger partial charge in [-0.05, 0) is 36.1 Å². The smallest absolute Gasteiger partial charge is 0.0804 e. The highest BCUT2D eigenvalue weighted by molar-refractivity contribution is 9.11. The van der Waals surface area contributed by atoms with Crippen LogP contribution in [0.1, 0.15) is 44.8 Å². The molecule has 0 heterocycles. The van der Waals surface area contributed by atoms with Crippen LogP contribution >= 0.6 is 31.9 Å². The van der Waals surface area contributed by atoms with Crippen molar-refractivity contribution in [3.05, 3.63) is 32.7 Å². The van der Waals surface area contributed by atoms with Crippen molar-refractivity contribution in [1.82, 2.24) is 0 Å². The molecule has 1 unspecified atom stereocenters. The first kappa shape index (κ1) is 14.2. The van der Waals surface area contributed by atoms with Crippen LogP contribution < -0.4 is 0 Å². The third kappa shape index (κ3) is 3.86. The van der Waals surface area contributed by atoms with E-state index in [1.807, 2.05) is 18.2 Å². The first-order valence-corrected chi connectivity index (χ1v) is 7.30. The van der Waals surface area contributed by atoms with Crippen molar-refractivity contribution in [2.75, 3.05) is 0 Å². The van der Waals surface area contributed by atoms with Crippen LogP contribution in [-0.2, 0) is 0 Å². The molecule has 0 aliphatic heterocycles. The zero-order valence-electron chi connectivity index (χ0n) is 9.71. The molecule has 0 aliphatic carbocycles. The summed E-state index contributed by atoms with van der Waals surface area (Å²) in [6.45, 7) is 4.35. The summed E-state index contributed by atoms with van der Waals surface area (Å²) in [6.07, 6.45) is 2.71. The van der Waals surface area contributed by atoms with Crippen molar-refractivity contribution in [2.45, 2.75) is 39.2 Å². The molecule has 0 amide bonds. The molecule has 1 nitrogen and oxygen atoms in total. The van der Waals surface area contributed by atoms with Gasteiger partial charge in [0, 0.05) is 8.95 Å². The van der Waals surface area contributed by atoms with Crippen molar-refractivity contribution in [3.8, 4) is 0 Å². The minimum absolute atomic E-state index is 0.378. The van der Waals surface area contributed by atoms with Gasteiger partial charge in [0.05, 0.1) is 6.10 Å². The van der Waals surface area contributed by atoms with Crippen LogP contribution in [0.15, 0.2) is 27.1 Å². The number of benzene rings is 1. The lowest BCUT2D eigenvalue weighted by Gasteiger charge is -2.19. The van der Waals surface area contributed by atoms with E-state index in [1.54, 1.807) is 0 Å². The van der Waals surface area contributed by atoms with Gasteiger partial charge in [-0.3, -0.25) is 0 Å². The quantitative estimate of drug-likeness (QED) is 0.786. The second kappa shape index (κ2) is 6.77. The summed E-state index contributed by atoms with van der Waals surface area (Å²) in [5, 5.41) is 10.2. The summed E-state index contributed by atoms with van der Waals surface area (Å²) >= 11 is 6.92. The van der Waals surface area contributed by atoms with Crippen molar-refractivity contribution in [3.63, 3.8) is 0 Å². The Kier molecular flexibility index (Phi) is 6.01. The Morgan fingerprint density at radius 1 is 1.19 bits per heavy atom. The van der Waals surface area contributed by atoms with Crippen molar-refractivity contribution in [2.24, 2.45) is 5.92 Å². The van der Waals surface area contributed by atoms with Crippen LogP contribution in [0.2, 0.25) is 0 Å². The maximum atomic E-state index is 10.2. The molecule has 0 aromatic heterocycles. The average Bonchev–Trinajstić information content (AvgIpc) is 2.28. The molecular formula is C13H18Br2O. The van der Waals surface area contributed by atoms with Gasteiger partial charge >= 0.3 is 0 Å². The normalized spacial score (nSPS) is 13.1. The van der Waals surface area contributed by atoms with Crippen molar-refractivity contribution >= 4 is 31.9 Å². The fourth-order valence-corrected chi connectivity index (χ4v) is 2.72. The van der Waals surface area contributed by atoms with Crippen LogP contribution in [0.4, 0.5) is 0 Å². The van der Waals surface area contributed by atoms with Crippen LogP contribution in [0.5, 0.6) is 0 Å². The minimum Gasteiger partial charge on any atom is -0.388 e. The van der Waals surface area contributed by atoms with Gasteiger partial charge in [-0.25, -0.2) is 0 Å². The van der Waals surface area contributed by atoms with Gasteiger partial charge in [0.1, 0.15) is 0 Å². The molecular weight excluding hydrogens is 332 g/mol. The Morgan fingerprint density at radius 3 is 2.38 bits per heavy atom. The van der Waals surface area contributed by atoms with Gasteiger partial charge in [0.25, 0.3) is 0 Å². The molecule has 3 heteroatoms. The molecule has 1 atom stereocenters. The summed E-state index contributed by atoms with van der Waals surface area (Å²) in [5.74, 6) is 0.598. The number of halogens is 2. The van der Waals surface area contributed by atoms with E-state index in [9.17, 15) is 5.11 Å². The summed E-state index contributed by atoms with van der Waals surface area (Å²) in [6, 6.07) is 5.92. The monoisotopic (exact) mass is 348 g/mol. The van der Waals surface area contributed by atoms with Gasteiger partial charge in [0.15, 0.2) is 0 Å². The van der Waals surface area contributed by atoms with Gasteiger partial charge in [-0.15, -0.1) is 0 Å². The molecule has 0 fully saturated rings. The molecule has 0 saturated heterocycles. The SMILES string of the molecule is CCC(CC)CC(O)c1cc(Br)ccc1Br. The zero-order chi connectivity index (χ0) is 12.1. The van der Waals surface area contributed by atoms with E-state index in [2.05, 4.69) is 45.7 Å². The molecule has 16 heavy (non-hydrogen) atoms. The van der Waals surface area contributed by atoms with Crippen LogP contribution in [-0.4, -0.2) is 5.11 Å². The molecule has 0 aliphatic rings. The van der Waals surface area contributed by atoms with Gasteiger partial charge in [-0.1, -0.05) is 58.5 Å². The summed E-state index contributed by atoms with van der Waals surface area (Å²) in [4.78, 5) is 0. The third-order valence-electron chi connectivity index (χ3n) is 3.03. The molecule has 0 radical (unpaired) electrons. The minimum atomic E-state index is -0.378. The molecule has 1 aromatic carbocycles. The molecule has 1 N–H and O–H groups in total. The second-order valence-electron chi connectivity index (χ2n) is 4.10. The van der Waals surface area contributed by atoms with E-state index in [1.165, 1.54) is 0 Å². The van der Waals surface area contributed by atoms with Crippen LogP contribution in [0.3, 0.4) is 0 Å². The van der Waals surface area contributed by atoms with Gasteiger partial charge < -0.3 is 5.11 Å². The maximum Gasteiger partial charge on any atom is 0.0804 e. The predicted molar refractivity (Wildman–Crippen MR) is 75.5 cm³/mol. The number of aliphatic hydroxyl groups is 1. The third-order valence-corrected chi connectivity index (χ3v) is 4.24. The molecule has 90 valence electrons. The largest absolute Gasteiger partial charge is 0.388 e. The maximum absolute atomic E-state index is 10.2. The fraction of sp³-hybridized carbons (Fsp3) is 0.538. The fourth-order valence-electron chi connectivity index (χ4n) is 1.83. The van der Waals surface area contributed by atoms with E-state index >= 15 is 0 Å². The average molecular weight is 350 g/mol. The topological polar surface area (TPSA) is 20.2 Å². The second-order valence-corrected chi connectivity index (χ2v) is 5.87. The summed E-state index contributed by atoms with van der Waals surface area (Å²) < 4.78 is 1.99. The summed E-state index contributed by atoms with van der Waals surface area (Å²) in [7, 11) is 0. The molecule has 0 spiro atoms. The molecule has 0 saturated carbocycles. The summed E-state index contributed by atoms with van der Waals surface area (Å²) in [5.41, 5.74) is 0.973. The standard InChI is InChI=1S/C13H18Br2O/c1-3-9(4-2)7-13(16)11-8-10(14)5-6-12(11)15/h5-6,8-9,13,16H,3-4,7H2,1-2H3. The van der Waals surface area contributed by atoms with Crippen LogP contribution in [0, 0.1) is 5.92 Å². The van der Waals surface area contributed by atoms with Crippen LogP contribution in [0.25, 0.3) is 0 Å². The van der Waals surface area contributed by atoms with Gasteiger partial charge in [-0.2, -0.15) is 0 Å². The van der Waals surface area contributed by atoms with Gasteiger partial charge in [0.2, 0.25) is 0 Å². The number of aliphatic hydroxyl groups excluding tert-OH is 1. The first-order valence-electron chi connectivity index (χ1n) is 5.71. The van der Waals surface area contributed by atoms with E-state index in [-0.39, 0.29) is 6.10 Å². The predicted octanol–water partition coefficient (Wildman–Crippen LogP) is 5.07. The van der Waals surface area contributed by atoms with Crippen molar-refractivity contribution < 1.29 is 5.11 Å². The molecule has 1 rings (SSSR count). The molecule has 1 aromatic rings. The van der Waals surface area contributed by atoms with E-state index < -0.39 is 0 Å². The highest BCUT2D eigenvalue weighted by Crippen LogP contribution is 2.31. The Labute approximate surface area is 115 Å². The Hall–Kier alpha value is 0.140. The lowest BCUT2D eigenvalue weighted by molar-refractivity contribution is 0.140. The highest BCUT2D eigenvalue weighted by atomic mass is 79.9. The Morgan fingerprint density at radius 2 is 1.81 bits per heavy atom. The van der Waals surface area contributed by atoms with Crippen molar-refractivity contribution in [1.29, 1.82) is 0 Å². The lowest BCUT2D eigenvalue weighted by atomic mass is 9.93.